The first-order valence-corrected chi connectivity index (χ1v) is 7.86. The fourth-order valence-electron chi connectivity index (χ4n) is 3.41. The third-order valence-electron chi connectivity index (χ3n) is 4.34. The fraction of sp³-hybridized carbons (Fsp3) is 1.00. The maximum atomic E-state index is 2.29. The van der Waals surface area contributed by atoms with Gasteiger partial charge in [0.05, 0.1) is 0 Å². The average Bonchev–Trinajstić information content (AvgIpc) is 2.92. The van der Waals surface area contributed by atoms with E-state index in [1.165, 1.54) is 77.0 Å². The Bertz CT molecular complexity index is 126. The predicted octanol–water partition coefficient (Wildman–Crippen LogP) is 5.95. The second-order valence-corrected chi connectivity index (χ2v) is 5.88. The smallest absolute Gasteiger partial charge is 0 e. The van der Waals surface area contributed by atoms with Crippen molar-refractivity contribution in [1.82, 2.24) is 0 Å². The van der Waals surface area contributed by atoms with E-state index in [1.54, 1.807) is 0 Å². The molecular weight excluding hydrogens is 248 g/mol. The van der Waals surface area contributed by atoms with Gasteiger partial charge in [0.25, 0.3) is 0 Å². The van der Waals surface area contributed by atoms with Crippen LogP contribution in [0.15, 0.2) is 0 Å². The van der Waals surface area contributed by atoms with E-state index in [0.717, 1.165) is 11.8 Å². The molecule has 0 atom stereocenters. The topological polar surface area (TPSA) is 0 Å². The van der Waals surface area contributed by atoms with Gasteiger partial charge in [-0.1, -0.05) is 90.9 Å². The molecule has 0 radical (unpaired) electrons. The van der Waals surface area contributed by atoms with E-state index in [4.69, 9.17) is 0 Å². The zero-order valence-corrected chi connectivity index (χ0v) is 13.1. The second kappa shape index (κ2) is 11.6. The van der Waals surface area contributed by atoms with Crippen LogP contribution in [0.4, 0.5) is 0 Å². The summed E-state index contributed by atoms with van der Waals surface area (Å²) >= 11 is 0. The van der Waals surface area contributed by atoms with Gasteiger partial charge < -0.3 is 0 Å². The van der Waals surface area contributed by atoms with Crippen LogP contribution in [0.1, 0.15) is 90.9 Å². The molecule has 17 heavy (non-hydrogen) atoms. The van der Waals surface area contributed by atoms with Crippen molar-refractivity contribution in [3.05, 3.63) is 0 Å². The Balaban J connectivity index is 0.000000284. The maximum Gasteiger partial charge on any atom is 0 e. The monoisotopic (exact) mass is 280 g/mol. The van der Waals surface area contributed by atoms with Gasteiger partial charge in [-0.15, -0.1) is 0 Å². The van der Waals surface area contributed by atoms with Crippen molar-refractivity contribution in [3.63, 3.8) is 0 Å². The van der Waals surface area contributed by atoms with Gasteiger partial charge in [-0.3, -0.25) is 0 Å². The standard InChI is InChI=1S/2C8H16.Fe/c2*1-2-5-8-6-3-4-7-8;/h2*8H,2-7H2,1H3;. The molecule has 0 aromatic carbocycles. The summed E-state index contributed by atoms with van der Waals surface area (Å²) in [5, 5.41) is 0. The first-order valence-electron chi connectivity index (χ1n) is 7.86. The molecule has 0 saturated heterocycles. The molecule has 1 heteroatoms. The van der Waals surface area contributed by atoms with Crippen LogP contribution in [0.3, 0.4) is 0 Å². The van der Waals surface area contributed by atoms with Crippen molar-refractivity contribution in [2.45, 2.75) is 90.9 Å². The van der Waals surface area contributed by atoms with Gasteiger partial charge >= 0.3 is 0 Å². The summed E-state index contributed by atoms with van der Waals surface area (Å²) in [6.45, 7) is 4.58. The van der Waals surface area contributed by atoms with Crippen LogP contribution < -0.4 is 0 Å². The molecule has 2 rings (SSSR count). The van der Waals surface area contributed by atoms with E-state index in [9.17, 15) is 0 Å². The molecule has 2 fully saturated rings. The SMILES string of the molecule is CCCC1CCCC1.CCCC1CCCC1.[Fe]. The second-order valence-electron chi connectivity index (χ2n) is 5.88. The van der Waals surface area contributed by atoms with Crippen molar-refractivity contribution in [2.75, 3.05) is 0 Å². The van der Waals surface area contributed by atoms with Crippen LogP contribution in [0.5, 0.6) is 0 Å². The van der Waals surface area contributed by atoms with Crippen LogP contribution in [-0.2, 0) is 17.1 Å². The van der Waals surface area contributed by atoms with Crippen LogP contribution in [0.2, 0.25) is 0 Å². The molecule has 0 bridgehead atoms. The summed E-state index contributed by atoms with van der Waals surface area (Å²) in [4.78, 5) is 0. The van der Waals surface area contributed by atoms with E-state index in [0.29, 0.717) is 0 Å². The van der Waals surface area contributed by atoms with E-state index >= 15 is 0 Å². The van der Waals surface area contributed by atoms with Gasteiger partial charge in [0.15, 0.2) is 0 Å². The number of rotatable bonds is 4. The predicted molar refractivity (Wildman–Crippen MR) is 73.7 cm³/mol. The zero-order valence-electron chi connectivity index (χ0n) is 12.0. The van der Waals surface area contributed by atoms with Crippen molar-refractivity contribution < 1.29 is 17.1 Å². The van der Waals surface area contributed by atoms with Crippen LogP contribution in [0, 0.1) is 11.8 Å². The molecule has 0 unspecified atom stereocenters. The summed E-state index contributed by atoms with van der Waals surface area (Å²) in [5.41, 5.74) is 0. The molecule has 0 nitrogen and oxygen atoms in total. The Morgan fingerprint density at radius 1 is 0.647 bits per heavy atom. The van der Waals surface area contributed by atoms with Crippen molar-refractivity contribution in [1.29, 1.82) is 0 Å². The molecule has 104 valence electrons. The van der Waals surface area contributed by atoms with Gasteiger partial charge in [0, 0.05) is 17.1 Å². The maximum absolute atomic E-state index is 2.29. The Labute approximate surface area is 120 Å². The van der Waals surface area contributed by atoms with Gasteiger partial charge in [-0.05, 0) is 11.8 Å². The van der Waals surface area contributed by atoms with E-state index < -0.39 is 0 Å². The largest absolute Gasteiger partial charge is 0.0654 e. The van der Waals surface area contributed by atoms with Crippen LogP contribution in [-0.4, -0.2) is 0 Å². The quantitative estimate of drug-likeness (QED) is 0.558. The molecule has 0 aromatic heterocycles. The van der Waals surface area contributed by atoms with Gasteiger partial charge in [0.2, 0.25) is 0 Å². The Kier molecular flexibility index (Phi) is 12.0. The first kappa shape index (κ1) is 17.5. The molecule has 0 heterocycles. The third kappa shape index (κ3) is 8.27. The summed E-state index contributed by atoms with van der Waals surface area (Å²) < 4.78 is 0. The van der Waals surface area contributed by atoms with Crippen molar-refractivity contribution >= 4 is 0 Å². The van der Waals surface area contributed by atoms with Crippen molar-refractivity contribution in [3.8, 4) is 0 Å². The Morgan fingerprint density at radius 3 is 1.18 bits per heavy atom. The summed E-state index contributed by atoms with van der Waals surface area (Å²) in [6.07, 6.45) is 17.9. The first-order chi connectivity index (χ1) is 7.86. The van der Waals surface area contributed by atoms with E-state index in [1.807, 2.05) is 0 Å². The summed E-state index contributed by atoms with van der Waals surface area (Å²) in [6, 6.07) is 0. The zero-order chi connectivity index (χ0) is 11.6. The Hall–Kier alpha value is 0.519. The number of hydrogen-bond donors (Lipinski definition) is 0. The van der Waals surface area contributed by atoms with Gasteiger partial charge in [-0.2, -0.15) is 0 Å². The average molecular weight is 280 g/mol. The molecule has 0 amide bonds. The molecule has 0 aromatic rings. The van der Waals surface area contributed by atoms with Gasteiger partial charge in [0.1, 0.15) is 0 Å². The van der Waals surface area contributed by atoms with Crippen LogP contribution in [0.25, 0.3) is 0 Å². The fourth-order valence-corrected chi connectivity index (χ4v) is 3.41. The summed E-state index contributed by atoms with van der Waals surface area (Å²) in [5.74, 6) is 2.22. The van der Waals surface area contributed by atoms with E-state index in [2.05, 4.69) is 13.8 Å². The molecule has 2 aliphatic carbocycles. The minimum Gasteiger partial charge on any atom is -0.0654 e. The molecule has 0 N–H and O–H groups in total. The van der Waals surface area contributed by atoms with Crippen LogP contribution >= 0.6 is 0 Å². The van der Waals surface area contributed by atoms with E-state index in [-0.39, 0.29) is 17.1 Å². The van der Waals surface area contributed by atoms with Gasteiger partial charge in [-0.25, -0.2) is 0 Å². The Morgan fingerprint density at radius 2 is 0.941 bits per heavy atom. The number of hydrogen-bond acceptors (Lipinski definition) is 0. The minimum absolute atomic E-state index is 0. The summed E-state index contributed by atoms with van der Waals surface area (Å²) in [7, 11) is 0. The van der Waals surface area contributed by atoms with Crippen molar-refractivity contribution in [2.24, 2.45) is 11.8 Å². The molecule has 0 aliphatic heterocycles. The molecule has 2 aliphatic rings. The third-order valence-corrected chi connectivity index (χ3v) is 4.34. The molecule has 2 saturated carbocycles. The molecular formula is C16H32Fe. The minimum atomic E-state index is 0. The normalized spacial score (nSPS) is 20.8. The molecule has 0 spiro atoms.